The van der Waals surface area contributed by atoms with Crippen molar-refractivity contribution in [3.63, 3.8) is 0 Å². The number of hydrogen-bond donors (Lipinski definition) is 4. The number of benzene rings is 1. The van der Waals surface area contributed by atoms with Crippen molar-refractivity contribution >= 4 is 23.6 Å². The standard InChI is InChI=1S/C20H32N4O2S/c1-3-21-20(24-16-8-5-10-18(14-16)27-2)23-12-6-11-22-19(26)15-7-4-9-17(25)13-15/h4,7,9,13,16,18,25H,3,5-6,8,10-12,14H2,1-2H3,(H,22,26)(H2,21,23,24). The van der Waals surface area contributed by atoms with E-state index in [4.69, 9.17) is 0 Å². The van der Waals surface area contributed by atoms with Crippen LogP contribution in [0.4, 0.5) is 0 Å². The summed E-state index contributed by atoms with van der Waals surface area (Å²) >= 11 is 1.96. The molecule has 7 heteroatoms. The maximum Gasteiger partial charge on any atom is 0.251 e. The molecule has 0 radical (unpaired) electrons. The van der Waals surface area contributed by atoms with Gasteiger partial charge in [0.05, 0.1) is 0 Å². The van der Waals surface area contributed by atoms with E-state index in [1.165, 1.54) is 31.7 Å². The number of hydrogen-bond acceptors (Lipinski definition) is 4. The van der Waals surface area contributed by atoms with Gasteiger partial charge in [-0.25, -0.2) is 0 Å². The van der Waals surface area contributed by atoms with Gasteiger partial charge in [0.1, 0.15) is 5.75 Å². The van der Waals surface area contributed by atoms with E-state index < -0.39 is 0 Å². The molecule has 1 aliphatic rings. The van der Waals surface area contributed by atoms with Crippen LogP contribution >= 0.6 is 11.8 Å². The molecule has 0 aromatic heterocycles. The second-order valence-corrected chi connectivity index (χ2v) is 7.92. The fourth-order valence-electron chi connectivity index (χ4n) is 3.22. The third-order valence-electron chi connectivity index (χ3n) is 4.64. The van der Waals surface area contributed by atoms with Crippen molar-refractivity contribution in [2.45, 2.75) is 50.3 Å². The Morgan fingerprint density at radius 1 is 1.33 bits per heavy atom. The van der Waals surface area contributed by atoms with Gasteiger partial charge < -0.3 is 21.1 Å². The summed E-state index contributed by atoms with van der Waals surface area (Å²) in [5, 5.41) is 19.9. The summed E-state index contributed by atoms with van der Waals surface area (Å²) in [7, 11) is 0. The molecule has 150 valence electrons. The lowest BCUT2D eigenvalue weighted by Gasteiger charge is -2.29. The van der Waals surface area contributed by atoms with Crippen LogP contribution in [0.5, 0.6) is 5.75 Å². The van der Waals surface area contributed by atoms with Crippen molar-refractivity contribution in [3.05, 3.63) is 29.8 Å². The summed E-state index contributed by atoms with van der Waals surface area (Å²) in [4.78, 5) is 16.7. The molecule has 1 fully saturated rings. The van der Waals surface area contributed by atoms with E-state index in [2.05, 4.69) is 34.1 Å². The minimum absolute atomic E-state index is 0.0973. The highest BCUT2D eigenvalue weighted by Gasteiger charge is 2.21. The van der Waals surface area contributed by atoms with Gasteiger partial charge in [-0.2, -0.15) is 11.8 Å². The second kappa shape index (κ2) is 11.7. The number of carbonyl (C=O) groups excluding carboxylic acids is 1. The Labute approximate surface area is 166 Å². The van der Waals surface area contributed by atoms with E-state index in [1.807, 2.05) is 11.8 Å². The molecule has 2 unspecified atom stereocenters. The minimum Gasteiger partial charge on any atom is -0.508 e. The topological polar surface area (TPSA) is 85.8 Å². The maximum atomic E-state index is 12.0. The monoisotopic (exact) mass is 392 g/mol. The lowest BCUT2D eigenvalue weighted by molar-refractivity contribution is 0.0953. The number of thioether (sulfide) groups is 1. The first-order valence-electron chi connectivity index (χ1n) is 9.77. The van der Waals surface area contributed by atoms with E-state index in [-0.39, 0.29) is 11.7 Å². The predicted octanol–water partition coefficient (Wildman–Crippen LogP) is 2.74. The zero-order valence-electron chi connectivity index (χ0n) is 16.3. The van der Waals surface area contributed by atoms with Gasteiger partial charge in [0, 0.05) is 36.5 Å². The normalized spacial score (nSPS) is 20.1. The van der Waals surface area contributed by atoms with Gasteiger partial charge in [-0.1, -0.05) is 12.5 Å². The van der Waals surface area contributed by atoms with Crippen molar-refractivity contribution in [1.29, 1.82) is 0 Å². The highest BCUT2D eigenvalue weighted by atomic mass is 32.2. The predicted molar refractivity (Wildman–Crippen MR) is 114 cm³/mol. The quantitative estimate of drug-likeness (QED) is 0.310. The molecule has 4 N–H and O–H groups in total. The van der Waals surface area contributed by atoms with Gasteiger partial charge in [0.2, 0.25) is 0 Å². The average Bonchev–Trinajstić information content (AvgIpc) is 2.67. The van der Waals surface area contributed by atoms with Crippen LogP contribution in [0.2, 0.25) is 0 Å². The summed E-state index contributed by atoms with van der Waals surface area (Å²) in [6.45, 7) is 4.10. The van der Waals surface area contributed by atoms with Gasteiger partial charge in [-0.05, 0) is 57.1 Å². The largest absolute Gasteiger partial charge is 0.508 e. The summed E-state index contributed by atoms with van der Waals surface area (Å²) in [6.07, 6.45) is 7.92. The Kier molecular flexibility index (Phi) is 9.31. The average molecular weight is 393 g/mol. The number of nitrogens with zero attached hydrogens (tertiary/aromatic N) is 1. The van der Waals surface area contributed by atoms with Crippen molar-refractivity contribution < 1.29 is 9.90 Å². The number of amides is 1. The van der Waals surface area contributed by atoms with Crippen LogP contribution < -0.4 is 16.0 Å². The Hall–Kier alpha value is -1.89. The first-order valence-corrected chi connectivity index (χ1v) is 11.1. The smallest absolute Gasteiger partial charge is 0.251 e. The lowest BCUT2D eigenvalue weighted by atomic mass is 9.95. The molecule has 6 nitrogen and oxygen atoms in total. The molecule has 1 aliphatic carbocycles. The summed E-state index contributed by atoms with van der Waals surface area (Å²) in [5.41, 5.74) is 0.467. The van der Waals surface area contributed by atoms with Crippen LogP contribution in [0, 0.1) is 0 Å². The van der Waals surface area contributed by atoms with Crippen molar-refractivity contribution in [2.24, 2.45) is 4.99 Å². The highest BCUT2D eigenvalue weighted by Crippen LogP contribution is 2.26. The van der Waals surface area contributed by atoms with Crippen molar-refractivity contribution in [1.82, 2.24) is 16.0 Å². The molecule has 0 bridgehead atoms. The highest BCUT2D eigenvalue weighted by molar-refractivity contribution is 7.99. The van der Waals surface area contributed by atoms with E-state index in [1.54, 1.807) is 18.2 Å². The molecule has 2 rings (SSSR count). The van der Waals surface area contributed by atoms with Crippen LogP contribution in [0.25, 0.3) is 0 Å². The summed E-state index contributed by atoms with van der Waals surface area (Å²) < 4.78 is 0. The fraction of sp³-hybridized carbons (Fsp3) is 0.600. The molecule has 27 heavy (non-hydrogen) atoms. The fourth-order valence-corrected chi connectivity index (χ4v) is 4.05. The van der Waals surface area contributed by atoms with Gasteiger partial charge in [0.15, 0.2) is 5.96 Å². The first-order chi connectivity index (χ1) is 13.1. The SMILES string of the molecule is CCNC(=NCCCNC(=O)c1cccc(O)c1)NC1CCCC(SC)C1. The number of nitrogens with one attached hydrogen (secondary N) is 3. The zero-order chi connectivity index (χ0) is 19.5. The number of aromatic hydroxyl groups is 1. The molecular weight excluding hydrogens is 360 g/mol. The number of rotatable bonds is 8. The minimum atomic E-state index is -0.176. The molecule has 2 atom stereocenters. The van der Waals surface area contributed by atoms with E-state index >= 15 is 0 Å². The van der Waals surface area contributed by atoms with Gasteiger partial charge in [0.25, 0.3) is 5.91 Å². The number of phenols is 1. The molecule has 1 aromatic rings. The molecule has 0 saturated heterocycles. The molecule has 0 spiro atoms. The zero-order valence-corrected chi connectivity index (χ0v) is 17.1. The van der Waals surface area contributed by atoms with Gasteiger partial charge in [-0.15, -0.1) is 0 Å². The number of carbonyl (C=O) groups is 1. The first kappa shape index (κ1) is 21.4. The number of aliphatic imine (C=N–C) groups is 1. The Bertz CT molecular complexity index is 624. The van der Waals surface area contributed by atoms with Crippen molar-refractivity contribution in [2.75, 3.05) is 25.9 Å². The van der Waals surface area contributed by atoms with Crippen LogP contribution in [0.15, 0.2) is 29.3 Å². The van der Waals surface area contributed by atoms with Gasteiger partial charge in [-0.3, -0.25) is 9.79 Å². The van der Waals surface area contributed by atoms with Crippen LogP contribution in [-0.2, 0) is 0 Å². The Morgan fingerprint density at radius 3 is 2.93 bits per heavy atom. The number of phenolic OH excluding ortho intramolecular Hbond substituents is 1. The summed E-state index contributed by atoms with van der Waals surface area (Å²) in [6, 6.07) is 6.85. The Balaban J connectivity index is 1.73. The summed E-state index contributed by atoms with van der Waals surface area (Å²) in [5.74, 6) is 0.786. The molecular formula is C20H32N4O2S. The van der Waals surface area contributed by atoms with Crippen molar-refractivity contribution in [3.8, 4) is 5.75 Å². The molecule has 1 saturated carbocycles. The molecule has 0 heterocycles. The van der Waals surface area contributed by atoms with Crippen LogP contribution in [-0.4, -0.2) is 54.2 Å². The van der Waals surface area contributed by atoms with Crippen LogP contribution in [0.3, 0.4) is 0 Å². The van der Waals surface area contributed by atoms with E-state index in [0.29, 0.717) is 24.7 Å². The van der Waals surface area contributed by atoms with Crippen LogP contribution in [0.1, 0.15) is 49.4 Å². The third kappa shape index (κ3) is 7.71. The van der Waals surface area contributed by atoms with Gasteiger partial charge >= 0.3 is 0 Å². The lowest BCUT2D eigenvalue weighted by Crippen LogP contribution is -2.45. The molecule has 1 amide bonds. The number of guanidine groups is 1. The Morgan fingerprint density at radius 2 is 2.19 bits per heavy atom. The maximum absolute atomic E-state index is 12.0. The van der Waals surface area contributed by atoms with E-state index in [0.717, 1.165) is 24.2 Å². The second-order valence-electron chi connectivity index (χ2n) is 6.79. The molecule has 1 aromatic carbocycles. The van der Waals surface area contributed by atoms with E-state index in [9.17, 15) is 9.90 Å². The molecule has 0 aliphatic heterocycles. The third-order valence-corrected chi connectivity index (χ3v) is 5.74.